The van der Waals surface area contributed by atoms with E-state index in [0.29, 0.717) is 0 Å². The molecular formula is C20H44Cl2N4Si2. The van der Waals surface area contributed by atoms with Crippen molar-refractivity contribution < 1.29 is 0 Å². The van der Waals surface area contributed by atoms with Crippen molar-refractivity contribution in [2.45, 2.75) is 105 Å². The summed E-state index contributed by atoms with van der Waals surface area (Å²) in [7, 11) is -5.52. The van der Waals surface area contributed by atoms with E-state index < -0.39 is 14.4 Å². The molecule has 0 N–H and O–H groups in total. The van der Waals surface area contributed by atoms with Crippen LogP contribution in [0.25, 0.3) is 0 Å². The topological polar surface area (TPSA) is 13.0 Å². The second-order valence-electron chi connectivity index (χ2n) is 12.5. The van der Waals surface area contributed by atoms with Gasteiger partial charge in [0.25, 0.3) is 0 Å². The highest BCUT2D eigenvalue weighted by Gasteiger charge is 2.77. The molecule has 0 spiro atoms. The van der Waals surface area contributed by atoms with E-state index in [4.69, 9.17) is 22.2 Å². The Balaban J connectivity index is 2.81. The van der Waals surface area contributed by atoms with Gasteiger partial charge in [0.1, 0.15) is 0 Å². The molecule has 2 aliphatic rings. The monoisotopic (exact) mass is 466 g/mol. The molecule has 4 nitrogen and oxygen atoms in total. The average Bonchev–Trinajstić information content (AvgIpc) is 2.96. The lowest BCUT2D eigenvalue weighted by Gasteiger charge is -2.59. The number of rotatable bonds is 1. The Hall–Kier alpha value is 0.854. The molecule has 8 heteroatoms. The van der Waals surface area contributed by atoms with Crippen LogP contribution in [0.1, 0.15) is 83.1 Å². The van der Waals surface area contributed by atoms with E-state index in [0.717, 1.165) is 26.2 Å². The standard InChI is InChI=1S/C20H44Cl2N4Si2/c1-17(2,3)23-13-14-24(18(4,5)6)27(23,21)28(22)25(19(7,8)9)15-16-26(28)20(10,11)12/h13-16H2,1-12H3. The molecule has 0 aromatic carbocycles. The van der Waals surface area contributed by atoms with E-state index in [1.807, 2.05) is 0 Å². The number of halogens is 2. The second-order valence-corrected chi connectivity index (χ2v) is 26.2. The van der Waals surface area contributed by atoms with Gasteiger partial charge in [-0.15, -0.1) is 22.2 Å². The summed E-state index contributed by atoms with van der Waals surface area (Å²) in [5.74, 6) is 0. The molecule has 2 aliphatic heterocycles. The van der Waals surface area contributed by atoms with Gasteiger partial charge in [0.2, 0.25) is 0 Å². The zero-order chi connectivity index (χ0) is 22.1. The van der Waals surface area contributed by atoms with Crippen molar-refractivity contribution in [1.82, 2.24) is 18.3 Å². The normalized spacial score (nSPS) is 26.4. The Morgan fingerprint density at radius 1 is 0.429 bits per heavy atom. The number of nitrogens with zero attached hydrogens (tertiary/aromatic N) is 4. The Morgan fingerprint density at radius 2 is 0.571 bits per heavy atom. The largest absolute Gasteiger partial charge is 0.345 e. The summed E-state index contributed by atoms with van der Waals surface area (Å²) >= 11 is 16.1. The zero-order valence-electron chi connectivity index (χ0n) is 20.4. The Morgan fingerprint density at radius 3 is 0.679 bits per heavy atom. The van der Waals surface area contributed by atoms with Crippen LogP contribution < -0.4 is 0 Å². The van der Waals surface area contributed by atoms with Gasteiger partial charge in [0, 0.05) is 48.3 Å². The first-order valence-corrected chi connectivity index (χ1v) is 17.5. The van der Waals surface area contributed by atoms with Crippen molar-refractivity contribution in [2.75, 3.05) is 26.2 Å². The van der Waals surface area contributed by atoms with E-state index >= 15 is 0 Å². The van der Waals surface area contributed by atoms with Crippen molar-refractivity contribution in [3.05, 3.63) is 0 Å². The van der Waals surface area contributed by atoms with Crippen LogP contribution in [0.2, 0.25) is 0 Å². The summed E-state index contributed by atoms with van der Waals surface area (Å²) in [4.78, 5) is 0. The summed E-state index contributed by atoms with van der Waals surface area (Å²) in [6, 6.07) is 0. The lowest BCUT2D eigenvalue weighted by atomic mass is 10.1. The van der Waals surface area contributed by atoms with Crippen LogP contribution in [-0.2, 0) is 0 Å². The first-order chi connectivity index (χ1) is 12.2. The molecule has 0 radical (unpaired) electrons. The first kappa shape index (κ1) is 25.1. The molecule has 0 bridgehead atoms. The van der Waals surface area contributed by atoms with Crippen LogP contribution in [0.15, 0.2) is 0 Å². The van der Waals surface area contributed by atoms with E-state index in [1.54, 1.807) is 0 Å². The highest BCUT2D eigenvalue weighted by molar-refractivity contribution is 7.68. The molecule has 0 aromatic rings. The van der Waals surface area contributed by atoms with E-state index in [-0.39, 0.29) is 22.2 Å². The van der Waals surface area contributed by atoms with E-state index in [9.17, 15) is 0 Å². The number of hydrogen-bond donors (Lipinski definition) is 0. The summed E-state index contributed by atoms with van der Waals surface area (Å²) in [6.45, 7) is 31.6. The molecule has 28 heavy (non-hydrogen) atoms. The van der Waals surface area contributed by atoms with Crippen LogP contribution >= 0.6 is 22.2 Å². The molecule has 0 amide bonds. The third-order valence-electron chi connectivity index (χ3n) is 6.17. The fourth-order valence-electron chi connectivity index (χ4n) is 5.09. The predicted octanol–water partition coefficient (Wildman–Crippen LogP) is 4.85. The minimum atomic E-state index is -2.76. The smallest absolute Gasteiger partial charge is 0.293 e. The number of hydrogen-bond acceptors (Lipinski definition) is 4. The van der Waals surface area contributed by atoms with Gasteiger partial charge in [-0.2, -0.15) is 0 Å². The maximum Gasteiger partial charge on any atom is 0.345 e. The molecule has 0 unspecified atom stereocenters. The van der Waals surface area contributed by atoms with E-state index in [1.165, 1.54) is 0 Å². The summed E-state index contributed by atoms with van der Waals surface area (Å²) in [5.41, 5.74) is -0.0613. The lowest BCUT2D eigenvalue weighted by molar-refractivity contribution is 0.239. The minimum Gasteiger partial charge on any atom is -0.293 e. The molecule has 2 saturated heterocycles. The van der Waals surface area contributed by atoms with Crippen molar-refractivity contribution >= 4 is 36.6 Å². The molecule has 0 atom stereocenters. The van der Waals surface area contributed by atoms with Crippen LogP contribution in [0, 0.1) is 0 Å². The molecule has 166 valence electrons. The zero-order valence-corrected chi connectivity index (χ0v) is 23.9. The minimum absolute atomic E-state index is 0.0153. The molecule has 2 heterocycles. The fraction of sp³-hybridized carbons (Fsp3) is 1.00. The highest BCUT2D eigenvalue weighted by atomic mass is 35.6. The summed E-state index contributed by atoms with van der Waals surface area (Å²) < 4.78 is 10.5. The van der Waals surface area contributed by atoms with Crippen molar-refractivity contribution in [3.8, 4) is 0 Å². The van der Waals surface area contributed by atoms with Gasteiger partial charge in [0.15, 0.2) is 0 Å². The van der Waals surface area contributed by atoms with Crippen molar-refractivity contribution in [1.29, 1.82) is 0 Å². The maximum atomic E-state index is 8.06. The maximum absolute atomic E-state index is 8.06. The van der Waals surface area contributed by atoms with Gasteiger partial charge in [-0.3, -0.25) is 18.3 Å². The summed E-state index contributed by atoms with van der Waals surface area (Å²) in [5, 5.41) is 0. The third kappa shape index (κ3) is 3.90. The Bertz CT molecular complexity index is 491. The Kier molecular flexibility index (Phi) is 6.45. The Labute approximate surface area is 186 Å². The first-order valence-electron chi connectivity index (χ1n) is 10.7. The highest BCUT2D eigenvalue weighted by Crippen LogP contribution is 2.51. The predicted molar refractivity (Wildman–Crippen MR) is 129 cm³/mol. The SMILES string of the molecule is CC(C)(C)N1CCN(C(C)(C)C)[Si]1(Cl)[Si]1(Cl)N(C(C)(C)C)CCN1C(C)(C)C. The van der Waals surface area contributed by atoms with Crippen LogP contribution in [-0.4, -0.2) is 81.0 Å². The molecule has 2 fully saturated rings. The van der Waals surface area contributed by atoms with Gasteiger partial charge in [-0.05, 0) is 83.1 Å². The lowest BCUT2D eigenvalue weighted by Crippen LogP contribution is -2.86. The molecule has 2 rings (SSSR count). The van der Waals surface area contributed by atoms with Crippen LogP contribution in [0.3, 0.4) is 0 Å². The van der Waals surface area contributed by atoms with Crippen LogP contribution in [0.4, 0.5) is 0 Å². The molecule has 0 saturated carbocycles. The molecular weight excluding hydrogens is 423 g/mol. The van der Waals surface area contributed by atoms with E-state index in [2.05, 4.69) is 101 Å². The molecule has 0 aliphatic carbocycles. The van der Waals surface area contributed by atoms with Crippen molar-refractivity contribution in [3.63, 3.8) is 0 Å². The van der Waals surface area contributed by atoms with Gasteiger partial charge < -0.3 is 0 Å². The molecule has 0 aromatic heterocycles. The quantitative estimate of drug-likeness (QED) is 0.404. The summed E-state index contributed by atoms with van der Waals surface area (Å²) in [6.07, 6.45) is 0. The van der Waals surface area contributed by atoms with Gasteiger partial charge in [-0.1, -0.05) is 0 Å². The fourth-order valence-corrected chi connectivity index (χ4v) is 29.4. The van der Waals surface area contributed by atoms with Gasteiger partial charge in [0.05, 0.1) is 0 Å². The van der Waals surface area contributed by atoms with Crippen molar-refractivity contribution in [2.24, 2.45) is 0 Å². The van der Waals surface area contributed by atoms with Crippen LogP contribution in [0.5, 0.6) is 0 Å². The average molecular weight is 468 g/mol. The third-order valence-corrected chi connectivity index (χ3v) is 27.1. The van der Waals surface area contributed by atoms with Gasteiger partial charge in [-0.25, -0.2) is 0 Å². The van der Waals surface area contributed by atoms with Gasteiger partial charge >= 0.3 is 14.4 Å². The second kappa shape index (κ2) is 7.19.